The fraction of sp³-hybridized carbons (Fsp3) is 0.389. The molecule has 3 aromatic carbocycles. The zero-order valence-corrected chi connectivity index (χ0v) is 29.8. The van der Waals surface area contributed by atoms with E-state index in [9.17, 15) is 19.4 Å². The number of benzene rings is 3. The molecule has 3 N–H and O–H groups in total. The average molecular weight is 712 g/mol. The molecule has 50 heavy (non-hydrogen) atoms. The van der Waals surface area contributed by atoms with Crippen LogP contribution in [0.15, 0.2) is 101 Å². The number of nitrogens with zero attached hydrogens (tertiary/aromatic N) is 2. The zero-order chi connectivity index (χ0) is 36.1. The van der Waals surface area contributed by atoms with Crippen LogP contribution >= 0.6 is 8.60 Å². The van der Waals surface area contributed by atoms with E-state index in [0.29, 0.717) is 11.5 Å². The standard InChI is InChI=1S/C30H31N2O10P.C6H15N/c1-37-23-12-8-21(9-13-23)30(20-6-4-3-5-7-20,22-10-14-24(38-2)15-11-22)40-18-25-28(42-43(35)36)39-19-27(41-25)32-17-16-26(33)31-29(32)34;1-4-7(5-2)6-3/h3-17,25,27-28,35-36H,18-19H2,1-2H3,(H,31,33,34);4-6H2,1-3H3/t25-,27-,28-;/m1./s1. The quantitative estimate of drug-likeness (QED) is 0.126. The Kier molecular flexibility index (Phi) is 14.7. The highest BCUT2D eigenvalue weighted by atomic mass is 31.2. The molecule has 1 aliphatic heterocycles. The molecular weight excluding hydrogens is 665 g/mol. The molecule has 1 aliphatic rings. The first-order valence-corrected chi connectivity index (χ1v) is 17.5. The molecule has 3 atom stereocenters. The van der Waals surface area contributed by atoms with E-state index in [1.165, 1.54) is 36.5 Å². The summed E-state index contributed by atoms with van der Waals surface area (Å²) in [7, 11) is 0.354. The Morgan fingerprint density at radius 2 is 1.38 bits per heavy atom. The number of nitrogens with one attached hydrogen (secondary N) is 1. The Labute approximate surface area is 292 Å². The maximum absolute atomic E-state index is 12.5. The van der Waals surface area contributed by atoms with Crippen LogP contribution in [0, 0.1) is 0 Å². The highest BCUT2D eigenvalue weighted by molar-refractivity contribution is 7.39. The van der Waals surface area contributed by atoms with E-state index in [0.717, 1.165) is 16.7 Å². The molecule has 0 unspecified atom stereocenters. The molecule has 1 aromatic heterocycles. The predicted octanol–water partition coefficient (Wildman–Crippen LogP) is 4.38. The number of rotatable bonds is 14. The second-order valence-electron chi connectivity index (χ2n) is 11.1. The lowest BCUT2D eigenvalue weighted by atomic mass is 9.80. The van der Waals surface area contributed by atoms with Crippen LogP contribution in [0.3, 0.4) is 0 Å². The van der Waals surface area contributed by atoms with E-state index in [1.54, 1.807) is 14.2 Å². The van der Waals surface area contributed by atoms with Crippen molar-refractivity contribution in [2.45, 2.75) is 45.0 Å². The molecular formula is C36H46N3O10P. The van der Waals surface area contributed by atoms with Crippen LogP contribution < -0.4 is 20.7 Å². The molecule has 0 bridgehead atoms. The van der Waals surface area contributed by atoms with Crippen molar-refractivity contribution >= 4 is 8.60 Å². The van der Waals surface area contributed by atoms with Gasteiger partial charge in [0.2, 0.25) is 0 Å². The first-order chi connectivity index (χ1) is 24.2. The third kappa shape index (κ3) is 9.65. The minimum atomic E-state index is -2.82. The summed E-state index contributed by atoms with van der Waals surface area (Å²) >= 11 is 0. The first kappa shape index (κ1) is 38.9. The van der Waals surface area contributed by atoms with E-state index in [4.69, 9.17) is 28.2 Å². The molecule has 5 rings (SSSR count). The van der Waals surface area contributed by atoms with Crippen molar-refractivity contribution < 1.29 is 38.0 Å². The number of aromatic nitrogens is 2. The molecule has 1 fully saturated rings. The van der Waals surface area contributed by atoms with Crippen LogP contribution in [0.2, 0.25) is 0 Å². The van der Waals surface area contributed by atoms with Crippen molar-refractivity contribution in [2.24, 2.45) is 0 Å². The summed E-state index contributed by atoms with van der Waals surface area (Å²) in [6, 6.07) is 25.6. The summed E-state index contributed by atoms with van der Waals surface area (Å²) in [4.78, 5) is 48.0. The number of hydrogen-bond acceptors (Lipinski definition) is 11. The van der Waals surface area contributed by atoms with E-state index in [1.807, 2.05) is 78.9 Å². The molecule has 0 aliphatic carbocycles. The molecule has 4 aromatic rings. The summed E-state index contributed by atoms with van der Waals surface area (Å²) in [5.74, 6) is 1.32. The van der Waals surface area contributed by atoms with Crippen molar-refractivity contribution in [2.75, 3.05) is 47.1 Å². The van der Waals surface area contributed by atoms with Gasteiger partial charge in [0.25, 0.3) is 5.56 Å². The monoisotopic (exact) mass is 711 g/mol. The van der Waals surface area contributed by atoms with Gasteiger partial charge in [-0.25, -0.2) is 4.79 Å². The first-order valence-electron chi connectivity index (χ1n) is 16.3. The topological polar surface area (TPSA) is 154 Å². The van der Waals surface area contributed by atoms with E-state index < -0.39 is 44.1 Å². The summed E-state index contributed by atoms with van der Waals surface area (Å²) in [5.41, 5.74) is -0.144. The Morgan fingerprint density at radius 1 is 0.840 bits per heavy atom. The van der Waals surface area contributed by atoms with Crippen LogP contribution in [-0.4, -0.2) is 83.7 Å². The maximum Gasteiger partial charge on any atom is 0.330 e. The third-order valence-corrected chi connectivity index (χ3v) is 8.77. The minimum Gasteiger partial charge on any atom is -0.497 e. The Balaban J connectivity index is 0.000000727. The molecule has 0 radical (unpaired) electrons. The Bertz CT molecular complexity index is 1640. The summed E-state index contributed by atoms with van der Waals surface area (Å²) in [6.45, 7) is 9.77. The van der Waals surface area contributed by atoms with Gasteiger partial charge < -0.3 is 38.4 Å². The van der Waals surface area contributed by atoms with E-state index in [2.05, 4.69) is 30.7 Å². The second-order valence-corrected chi connectivity index (χ2v) is 11.9. The van der Waals surface area contributed by atoms with Gasteiger partial charge in [-0.2, -0.15) is 0 Å². The lowest BCUT2D eigenvalue weighted by Gasteiger charge is -2.40. The van der Waals surface area contributed by atoms with Gasteiger partial charge in [-0.1, -0.05) is 75.4 Å². The third-order valence-electron chi connectivity index (χ3n) is 8.38. The Morgan fingerprint density at radius 3 is 1.84 bits per heavy atom. The minimum absolute atomic E-state index is 0.170. The maximum atomic E-state index is 12.5. The number of methoxy groups -OCH3 is 2. The van der Waals surface area contributed by atoms with Crippen LogP contribution in [0.4, 0.5) is 0 Å². The summed E-state index contributed by atoms with van der Waals surface area (Å²) in [6.07, 6.45) is -1.95. The van der Waals surface area contributed by atoms with Gasteiger partial charge in [0, 0.05) is 12.3 Å². The molecule has 1 saturated heterocycles. The summed E-state index contributed by atoms with van der Waals surface area (Å²) < 4.78 is 36.0. The van der Waals surface area contributed by atoms with Crippen LogP contribution in [0.5, 0.6) is 11.5 Å². The largest absolute Gasteiger partial charge is 0.497 e. The SMILES string of the molecule is CCN(CC)CC.COc1ccc(C(OC[C@H]2O[C@@H](n3ccc(=O)[nH]c3=O)CO[C@@H]2OP(O)O)(c2ccccc2)c2ccc(OC)cc2)cc1. The number of aromatic amines is 1. The van der Waals surface area contributed by atoms with Gasteiger partial charge in [-0.05, 0) is 60.6 Å². The van der Waals surface area contributed by atoms with Crippen LogP contribution in [0.25, 0.3) is 0 Å². The molecule has 0 saturated carbocycles. The van der Waals surface area contributed by atoms with Crippen molar-refractivity contribution in [3.63, 3.8) is 0 Å². The summed E-state index contributed by atoms with van der Waals surface area (Å²) in [5, 5.41) is 0. The van der Waals surface area contributed by atoms with Gasteiger partial charge in [0.05, 0.1) is 27.4 Å². The fourth-order valence-corrected chi connectivity index (χ4v) is 6.03. The lowest BCUT2D eigenvalue weighted by molar-refractivity contribution is -0.276. The van der Waals surface area contributed by atoms with Crippen molar-refractivity contribution in [1.82, 2.24) is 14.5 Å². The predicted molar refractivity (Wildman–Crippen MR) is 189 cm³/mol. The highest BCUT2D eigenvalue weighted by Crippen LogP contribution is 2.43. The van der Waals surface area contributed by atoms with Crippen molar-refractivity contribution in [3.05, 3.63) is 129 Å². The lowest BCUT2D eigenvalue weighted by Crippen LogP contribution is -2.49. The molecule has 14 heteroatoms. The van der Waals surface area contributed by atoms with Gasteiger partial charge in [-0.15, -0.1) is 0 Å². The van der Waals surface area contributed by atoms with Gasteiger partial charge in [-0.3, -0.25) is 18.9 Å². The number of H-pyrrole nitrogens is 1. The molecule has 270 valence electrons. The second kappa shape index (κ2) is 18.9. The van der Waals surface area contributed by atoms with Gasteiger partial charge >= 0.3 is 14.3 Å². The van der Waals surface area contributed by atoms with E-state index in [-0.39, 0.29) is 13.2 Å². The molecule has 0 spiro atoms. The zero-order valence-electron chi connectivity index (χ0n) is 28.9. The van der Waals surface area contributed by atoms with Crippen LogP contribution in [0.1, 0.15) is 43.7 Å². The number of ether oxygens (including phenoxy) is 5. The highest BCUT2D eigenvalue weighted by Gasteiger charge is 2.42. The smallest absolute Gasteiger partial charge is 0.330 e. The normalized spacial score (nSPS) is 17.7. The average Bonchev–Trinajstić information content (AvgIpc) is 3.14. The van der Waals surface area contributed by atoms with Crippen molar-refractivity contribution in [1.29, 1.82) is 0 Å². The van der Waals surface area contributed by atoms with Gasteiger partial charge in [0.1, 0.15) is 23.2 Å². The molecule has 0 amide bonds. The molecule has 13 nitrogen and oxygen atoms in total. The van der Waals surface area contributed by atoms with Crippen molar-refractivity contribution in [3.8, 4) is 11.5 Å². The van der Waals surface area contributed by atoms with E-state index >= 15 is 0 Å². The Hall–Kier alpha value is -3.91. The molecule has 2 heterocycles. The van der Waals surface area contributed by atoms with Gasteiger partial charge in [0.15, 0.2) is 12.5 Å². The number of hydrogen-bond donors (Lipinski definition) is 3. The van der Waals surface area contributed by atoms with Crippen LogP contribution in [-0.2, 0) is 24.3 Å². The fourth-order valence-electron chi connectivity index (χ4n) is 5.65.